The molecule has 3 heteroatoms. The van der Waals surface area contributed by atoms with Crippen LogP contribution >= 0.6 is 0 Å². The van der Waals surface area contributed by atoms with Gasteiger partial charge in [0.15, 0.2) is 0 Å². The van der Waals surface area contributed by atoms with Crippen molar-refractivity contribution in [3.05, 3.63) is 29.3 Å². The number of ether oxygens (including phenoxy) is 1. The lowest BCUT2D eigenvalue weighted by atomic mass is 10.0. The summed E-state index contributed by atoms with van der Waals surface area (Å²) in [5, 5.41) is 12.4. The van der Waals surface area contributed by atoms with E-state index in [-0.39, 0.29) is 12.1 Å². The van der Waals surface area contributed by atoms with Crippen molar-refractivity contribution in [1.29, 1.82) is 0 Å². The molecule has 0 amide bonds. The average molecular weight is 249 g/mol. The number of aliphatic hydroxyl groups excluding tert-OH is 1. The molecule has 2 rings (SSSR count). The topological polar surface area (TPSA) is 41.5 Å². The zero-order valence-corrected chi connectivity index (χ0v) is 11.3. The molecule has 0 spiro atoms. The molecule has 18 heavy (non-hydrogen) atoms. The second kappa shape index (κ2) is 5.72. The summed E-state index contributed by atoms with van der Waals surface area (Å²) in [6, 6.07) is 6.40. The molecule has 0 radical (unpaired) electrons. The number of aryl methyl sites for hydroxylation is 2. The summed E-state index contributed by atoms with van der Waals surface area (Å²) in [5.41, 5.74) is 2.65. The Morgan fingerprint density at radius 3 is 2.83 bits per heavy atom. The van der Waals surface area contributed by atoms with Gasteiger partial charge < -0.3 is 15.2 Å². The first kappa shape index (κ1) is 13.4. The molecular weight excluding hydrogens is 226 g/mol. The lowest BCUT2D eigenvalue weighted by molar-refractivity contribution is 0.151. The van der Waals surface area contributed by atoms with E-state index in [2.05, 4.69) is 23.5 Å². The molecule has 0 aromatic heterocycles. The summed E-state index contributed by atoms with van der Waals surface area (Å²) < 4.78 is 5.78. The van der Waals surface area contributed by atoms with E-state index in [0.717, 1.165) is 12.2 Å². The van der Waals surface area contributed by atoms with Gasteiger partial charge in [0.05, 0.1) is 13.2 Å². The summed E-state index contributed by atoms with van der Waals surface area (Å²) >= 11 is 0. The van der Waals surface area contributed by atoms with E-state index in [1.54, 1.807) is 0 Å². The van der Waals surface area contributed by atoms with Crippen LogP contribution < -0.4 is 10.1 Å². The maximum absolute atomic E-state index is 9.29. The Morgan fingerprint density at radius 1 is 1.33 bits per heavy atom. The minimum atomic E-state index is -0.253. The summed E-state index contributed by atoms with van der Waals surface area (Å²) in [6.45, 7) is 2.74. The van der Waals surface area contributed by atoms with Crippen LogP contribution in [0, 0.1) is 0 Å². The number of fused-ring (bicyclic) bond motifs is 1. The molecule has 1 atom stereocenters. The quantitative estimate of drug-likeness (QED) is 0.809. The van der Waals surface area contributed by atoms with Gasteiger partial charge in [-0.1, -0.05) is 6.07 Å². The first-order valence-electron chi connectivity index (χ1n) is 6.71. The van der Waals surface area contributed by atoms with Crippen LogP contribution in [0.5, 0.6) is 5.75 Å². The third kappa shape index (κ3) is 3.03. The molecular formula is C15H23NO2. The van der Waals surface area contributed by atoms with Gasteiger partial charge in [-0.2, -0.15) is 0 Å². The third-order valence-electron chi connectivity index (χ3n) is 3.95. The van der Waals surface area contributed by atoms with E-state index in [0.29, 0.717) is 6.61 Å². The van der Waals surface area contributed by atoms with Crippen molar-refractivity contribution in [1.82, 2.24) is 5.32 Å². The van der Waals surface area contributed by atoms with Crippen LogP contribution in [-0.4, -0.2) is 30.9 Å². The Hall–Kier alpha value is -1.06. The van der Waals surface area contributed by atoms with Crippen molar-refractivity contribution < 1.29 is 9.84 Å². The van der Waals surface area contributed by atoms with Crippen molar-refractivity contribution in [2.75, 3.05) is 20.3 Å². The van der Waals surface area contributed by atoms with Crippen LogP contribution in [0.15, 0.2) is 18.2 Å². The van der Waals surface area contributed by atoms with E-state index in [9.17, 15) is 5.11 Å². The Morgan fingerprint density at radius 2 is 2.11 bits per heavy atom. The Labute approximate surface area is 109 Å². The second-order valence-electron chi connectivity index (χ2n) is 5.35. The molecule has 1 aliphatic rings. The predicted octanol–water partition coefficient (Wildman–Crippen LogP) is 1.91. The Balaban J connectivity index is 1.87. The molecule has 3 nitrogen and oxygen atoms in total. The van der Waals surface area contributed by atoms with E-state index in [4.69, 9.17) is 4.74 Å². The van der Waals surface area contributed by atoms with Crippen LogP contribution in [0.4, 0.5) is 0 Å². The minimum absolute atomic E-state index is 0.122. The normalized spacial score (nSPS) is 17.3. The fraction of sp³-hybridized carbons (Fsp3) is 0.600. The van der Waals surface area contributed by atoms with Gasteiger partial charge >= 0.3 is 0 Å². The summed E-state index contributed by atoms with van der Waals surface area (Å²) in [5.74, 6) is 0.951. The van der Waals surface area contributed by atoms with Crippen molar-refractivity contribution in [3.63, 3.8) is 0 Å². The Kier molecular flexibility index (Phi) is 4.25. The lowest BCUT2D eigenvalue weighted by Crippen LogP contribution is -2.44. The van der Waals surface area contributed by atoms with Gasteiger partial charge in [-0.05, 0) is 56.5 Å². The largest absolute Gasteiger partial charge is 0.494 e. The van der Waals surface area contributed by atoms with Gasteiger partial charge in [-0.3, -0.25) is 0 Å². The molecule has 0 saturated heterocycles. The highest BCUT2D eigenvalue weighted by Crippen LogP contribution is 2.26. The van der Waals surface area contributed by atoms with Gasteiger partial charge in [0.2, 0.25) is 0 Å². The number of likely N-dealkylation sites (N-methyl/N-ethyl adjacent to an activating group) is 1. The molecule has 0 aliphatic heterocycles. The van der Waals surface area contributed by atoms with Crippen molar-refractivity contribution in [2.45, 2.75) is 38.1 Å². The van der Waals surface area contributed by atoms with E-state index >= 15 is 0 Å². The van der Waals surface area contributed by atoms with Gasteiger partial charge in [-0.25, -0.2) is 0 Å². The van der Waals surface area contributed by atoms with Gasteiger partial charge in [0.1, 0.15) is 5.75 Å². The molecule has 1 aromatic carbocycles. The smallest absolute Gasteiger partial charge is 0.119 e. The van der Waals surface area contributed by atoms with E-state index in [1.807, 2.05) is 14.0 Å². The maximum Gasteiger partial charge on any atom is 0.119 e. The average Bonchev–Trinajstić information content (AvgIpc) is 2.86. The first-order chi connectivity index (χ1) is 8.67. The van der Waals surface area contributed by atoms with E-state index < -0.39 is 0 Å². The molecule has 0 heterocycles. The standard InChI is InChI=1S/C15H23NO2/c1-15(11-17,16-2)8-9-18-14-7-6-12-4-3-5-13(12)10-14/h6-7,10,16-17H,3-5,8-9,11H2,1-2H3. The number of rotatable bonds is 6. The third-order valence-corrected chi connectivity index (χ3v) is 3.95. The van der Waals surface area contributed by atoms with Crippen LogP contribution in [0.1, 0.15) is 30.9 Å². The molecule has 1 unspecified atom stereocenters. The zero-order valence-electron chi connectivity index (χ0n) is 11.3. The predicted molar refractivity (Wildman–Crippen MR) is 73.1 cm³/mol. The number of aliphatic hydroxyl groups is 1. The fourth-order valence-corrected chi connectivity index (χ4v) is 2.32. The lowest BCUT2D eigenvalue weighted by Gasteiger charge is -2.26. The number of hydrogen-bond acceptors (Lipinski definition) is 3. The van der Waals surface area contributed by atoms with Gasteiger partial charge in [0.25, 0.3) is 0 Å². The SMILES string of the molecule is CNC(C)(CO)CCOc1ccc2c(c1)CCC2. The van der Waals surface area contributed by atoms with Crippen molar-refractivity contribution in [2.24, 2.45) is 0 Å². The van der Waals surface area contributed by atoms with Crippen LogP contribution in [-0.2, 0) is 12.8 Å². The molecule has 0 fully saturated rings. The first-order valence-corrected chi connectivity index (χ1v) is 6.71. The molecule has 100 valence electrons. The highest BCUT2D eigenvalue weighted by molar-refractivity contribution is 5.38. The molecule has 0 saturated carbocycles. The maximum atomic E-state index is 9.29. The summed E-state index contributed by atoms with van der Waals surface area (Å²) in [6.07, 6.45) is 4.44. The Bertz CT molecular complexity index is 399. The number of nitrogens with one attached hydrogen (secondary N) is 1. The van der Waals surface area contributed by atoms with E-state index in [1.165, 1.54) is 30.4 Å². The fourth-order valence-electron chi connectivity index (χ4n) is 2.32. The number of benzene rings is 1. The highest BCUT2D eigenvalue weighted by atomic mass is 16.5. The molecule has 0 bridgehead atoms. The second-order valence-corrected chi connectivity index (χ2v) is 5.35. The van der Waals surface area contributed by atoms with Crippen LogP contribution in [0.3, 0.4) is 0 Å². The van der Waals surface area contributed by atoms with Crippen molar-refractivity contribution in [3.8, 4) is 5.75 Å². The van der Waals surface area contributed by atoms with Crippen LogP contribution in [0.25, 0.3) is 0 Å². The zero-order chi connectivity index (χ0) is 13.0. The van der Waals surface area contributed by atoms with Crippen molar-refractivity contribution >= 4 is 0 Å². The minimum Gasteiger partial charge on any atom is -0.494 e. The summed E-state index contributed by atoms with van der Waals surface area (Å²) in [4.78, 5) is 0. The van der Waals surface area contributed by atoms with Crippen LogP contribution in [0.2, 0.25) is 0 Å². The number of hydrogen-bond donors (Lipinski definition) is 2. The van der Waals surface area contributed by atoms with Gasteiger partial charge in [0, 0.05) is 12.0 Å². The monoisotopic (exact) mass is 249 g/mol. The van der Waals surface area contributed by atoms with Gasteiger partial charge in [-0.15, -0.1) is 0 Å². The highest BCUT2D eigenvalue weighted by Gasteiger charge is 2.20. The molecule has 1 aliphatic carbocycles. The molecule has 2 N–H and O–H groups in total. The summed E-state index contributed by atoms with van der Waals surface area (Å²) in [7, 11) is 1.87. The molecule has 1 aromatic rings.